The topological polar surface area (TPSA) is 143 Å². The van der Waals surface area contributed by atoms with Gasteiger partial charge in [0.15, 0.2) is 5.75 Å². The molecule has 1 aliphatic rings. The van der Waals surface area contributed by atoms with E-state index in [4.69, 9.17) is 21.1 Å². The van der Waals surface area contributed by atoms with Crippen LogP contribution in [0.3, 0.4) is 0 Å². The van der Waals surface area contributed by atoms with Crippen LogP contribution in [0.25, 0.3) is 0 Å². The fraction of sp³-hybridized carbons (Fsp3) is 0.385. The van der Waals surface area contributed by atoms with E-state index in [1.807, 2.05) is 19.9 Å². The first-order chi connectivity index (χ1) is 18.1. The van der Waals surface area contributed by atoms with E-state index in [1.54, 1.807) is 24.3 Å². The molecule has 0 radical (unpaired) electrons. The van der Waals surface area contributed by atoms with Gasteiger partial charge in [-0.2, -0.15) is 0 Å². The van der Waals surface area contributed by atoms with Gasteiger partial charge in [-0.3, -0.25) is 9.59 Å². The van der Waals surface area contributed by atoms with Crippen molar-refractivity contribution in [3.05, 3.63) is 67.9 Å². The number of aromatic hydroxyl groups is 1. The zero-order valence-corrected chi connectivity index (χ0v) is 22.6. The molecule has 1 saturated heterocycles. The van der Waals surface area contributed by atoms with Gasteiger partial charge in [-0.15, -0.1) is 0 Å². The van der Waals surface area contributed by atoms with E-state index < -0.39 is 31.5 Å². The molecule has 3 aromatic rings. The van der Waals surface area contributed by atoms with E-state index >= 15 is 0 Å². The van der Waals surface area contributed by atoms with Crippen molar-refractivity contribution in [2.75, 3.05) is 23.8 Å². The van der Waals surface area contributed by atoms with Crippen LogP contribution in [0, 0.1) is 0 Å². The van der Waals surface area contributed by atoms with Gasteiger partial charge in [-0.25, -0.2) is 13.1 Å². The summed E-state index contributed by atoms with van der Waals surface area (Å²) in [4.78, 5) is 24.2. The zero-order valence-electron chi connectivity index (χ0n) is 21.0. The third kappa shape index (κ3) is 5.96. The molecule has 3 atom stereocenters. The molecule has 1 heterocycles. The highest BCUT2D eigenvalue weighted by Gasteiger charge is 2.32. The Bertz CT molecular complexity index is 1460. The molecule has 0 bridgehead atoms. The number of para-hydroxylation sites is 1. The maximum Gasteiger partial charge on any atom is 0.253 e. The van der Waals surface area contributed by atoms with Crippen molar-refractivity contribution in [3.8, 4) is 11.5 Å². The minimum Gasteiger partial charge on any atom is -0.504 e. The maximum atomic E-state index is 12.9. The van der Waals surface area contributed by atoms with E-state index in [0.717, 1.165) is 12.8 Å². The maximum absolute atomic E-state index is 12.9. The van der Waals surface area contributed by atoms with Gasteiger partial charge in [0.25, 0.3) is 10.9 Å². The molecule has 0 amide bonds. The van der Waals surface area contributed by atoms with Crippen LogP contribution in [0.1, 0.15) is 33.1 Å². The average Bonchev–Trinajstić information content (AvgIpc) is 3.33. The number of halogens is 1. The summed E-state index contributed by atoms with van der Waals surface area (Å²) in [5.41, 5.74) is -1.56. The molecule has 3 aromatic carbocycles. The normalized spacial score (nSPS) is 18.4. The van der Waals surface area contributed by atoms with Crippen molar-refractivity contribution in [1.82, 2.24) is 4.72 Å². The largest absolute Gasteiger partial charge is 0.504 e. The van der Waals surface area contributed by atoms with Gasteiger partial charge in [0.2, 0.25) is 10.0 Å². The molecule has 1 aliphatic heterocycles. The molecule has 10 nitrogen and oxygen atoms in total. The third-order valence-corrected chi connectivity index (χ3v) is 8.37. The number of sulfonamides is 1. The standard InChI is InChI=1S/C26H30ClN3O7S/c1-3-18(20-12-9-15(2)37-20)29-21-22(25(33)24(21)32)30-19-11-10-17(27)26(23(19)31)38(34,35)28-13-14-36-16-7-5-4-6-8-16/h4-8,10-11,15,18,20,28-31H,3,9,12-14H2,1-2H3/t15-,18-,20-/m1/s1. The summed E-state index contributed by atoms with van der Waals surface area (Å²) < 4.78 is 39.6. The number of hydrogen-bond donors (Lipinski definition) is 4. The van der Waals surface area contributed by atoms with Crippen LogP contribution < -0.4 is 31.0 Å². The Balaban J connectivity index is 1.49. The van der Waals surface area contributed by atoms with Crippen LogP contribution in [-0.2, 0) is 14.8 Å². The predicted octanol–water partition coefficient (Wildman–Crippen LogP) is 3.50. The summed E-state index contributed by atoms with van der Waals surface area (Å²) in [5.74, 6) is -0.108. The first-order valence-electron chi connectivity index (χ1n) is 12.3. The highest BCUT2D eigenvalue weighted by molar-refractivity contribution is 7.89. The molecular weight excluding hydrogens is 534 g/mol. The van der Waals surface area contributed by atoms with Crippen LogP contribution in [0.5, 0.6) is 11.5 Å². The van der Waals surface area contributed by atoms with Crippen LogP contribution in [0.15, 0.2) is 56.9 Å². The van der Waals surface area contributed by atoms with Gasteiger partial charge in [-0.1, -0.05) is 36.7 Å². The van der Waals surface area contributed by atoms with E-state index in [9.17, 15) is 23.1 Å². The van der Waals surface area contributed by atoms with Gasteiger partial charge in [-0.05, 0) is 50.5 Å². The molecule has 4 rings (SSSR count). The van der Waals surface area contributed by atoms with E-state index in [0.29, 0.717) is 12.2 Å². The minimum atomic E-state index is -4.25. The predicted molar refractivity (Wildman–Crippen MR) is 146 cm³/mol. The van der Waals surface area contributed by atoms with E-state index in [-0.39, 0.29) is 53.5 Å². The van der Waals surface area contributed by atoms with E-state index in [1.165, 1.54) is 12.1 Å². The van der Waals surface area contributed by atoms with Crippen molar-refractivity contribution in [1.29, 1.82) is 0 Å². The lowest BCUT2D eigenvalue weighted by Crippen LogP contribution is -2.42. The summed E-state index contributed by atoms with van der Waals surface area (Å²) in [6.45, 7) is 3.89. The lowest BCUT2D eigenvalue weighted by molar-refractivity contribution is 0.0438. The molecule has 0 aromatic heterocycles. The Morgan fingerprint density at radius 1 is 1.11 bits per heavy atom. The number of nitrogens with one attached hydrogen (secondary N) is 3. The zero-order chi connectivity index (χ0) is 27.4. The Labute approximate surface area is 225 Å². The SMILES string of the molecule is CC[C@@H](Nc1c(Nc2ccc(Cl)c(S(=O)(=O)NCCOc3ccccc3)c2O)c(=O)c1=O)[C@H]1CC[C@@H](C)O1. The quantitative estimate of drug-likeness (QED) is 0.148. The number of benzene rings is 2. The minimum absolute atomic E-state index is 0.0418. The molecule has 12 heteroatoms. The molecule has 0 saturated carbocycles. The van der Waals surface area contributed by atoms with Crippen LogP contribution in [-0.4, -0.2) is 44.9 Å². The molecular formula is C26H30ClN3O7S. The Hall–Kier alpha value is -3.12. The second kappa shape index (κ2) is 11.7. The molecule has 0 unspecified atom stereocenters. The fourth-order valence-electron chi connectivity index (χ4n) is 4.39. The van der Waals surface area contributed by atoms with Gasteiger partial charge in [0, 0.05) is 6.54 Å². The van der Waals surface area contributed by atoms with Crippen LogP contribution in [0.2, 0.25) is 5.02 Å². The van der Waals surface area contributed by atoms with Gasteiger partial charge in [0.1, 0.15) is 28.6 Å². The number of rotatable bonds is 12. The van der Waals surface area contributed by atoms with Crippen molar-refractivity contribution in [2.45, 2.75) is 56.3 Å². The number of anilines is 3. The average molecular weight is 564 g/mol. The number of hydrogen-bond acceptors (Lipinski definition) is 9. The second-order valence-corrected chi connectivity index (χ2v) is 11.2. The summed E-state index contributed by atoms with van der Waals surface area (Å²) in [6, 6.07) is 11.3. The van der Waals surface area contributed by atoms with Crippen molar-refractivity contribution < 1.29 is 23.0 Å². The van der Waals surface area contributed by atoms with E-state index in [2.05, 4.69) is 15.4 Å². The summed E-state index contributed by atoms with van der Waals surface area (Å²) >= 11 is 6.13. The molecule has 38 heavy (non-hydrogen) atoms. The van der Waals surface area contributed by atoms with Crippen molar-refractivity contribution in [2.24, 2.45) is 0 Å². The number of phenols is 1. The molecule has 204 valence electrons. The Morgan fingerprint density at radius 2 is 1.82 bits per heavy atom. The van der Waals surface area contributed by atoms with Crippen LogP contribution >= 0.6 is 11.6 Å². The van der Waals surface area contributed by atoms with Gasteiger partial charge < -0.3 is 25.2 Å². The van der Waals surface area contributed by atoms with Gasteiger partial charge >= 0.3 is 0 Å². The highest BCUT2D eigenvalue weighted by Crippen LogP contribution is 2.39. The summed E-state index contributed by atoms with van der Waals surface area (Å²) in [6.07, 6.45) is 2.40. The monoisotopic (exact) mass is 563 g/mol. The molecule has 1 fully saturated rings. The van der Waals surface area contributed by atoms with Crippen LogP contribution in [0.4, 0.5) is 17.1 Å². The molecule has 0 spiro atoms. The fourth-order valence-corrected chi connectivity index (χ4v) is 6.04. The second-order valence-electron chi connectivity index (χ2n) is 9.09. The van der Waals surface area contributed by atoms with Crippen molar-refractivity contribution >= 4 is 38.7 Å². The number of phenolic OH excluding ortho intramolecular Hbond substituents is 1. The number of ether oxygens (including phenoxy) is 2. The molecule has 4 N–H and O–H groups in total. The third-order valence-electron chi connectivity index (χ3n) is 6.41. The van der Waals surface area contributed by atoms with Crippen molar-refractivity contribution in [3.63, 3.8) is 0 Å². The Kier molecular flexibility index (Phi) is 8.61. The first-order valence-corrected chi connectivity index (χ1v) is 14.2. The molecule has 0 aliphatic carbocycles. The highest BCUT2D eigenvalue weighted by atomic mass is 35.5. The summed E-state index contributed by atoms with van der Waals surface area (Å²) in [7, 11) is -4.25. The lowest BCUT2D eigenvalue weighted by Gasteiger charge is -2.26. The summed E-state index contributed by atoms with van der Waals surface area (Å²) in [5, 5.41) is 16.4. The smallest absolute Gasteiger partial charge is 0.253 e. The Morgan fingerprint density at radius 3 is 2.47 bits per heavy atom. The lowest BCUT2D eigenvalue weighted by atomic mass is 10.0. The van der Waals surface area contributed by atoms with Gasteiger partial charge in [0.05, 0.1) is 29.0 Å². The first kappa shape index (κ1) is 27.9.